The Balaban J connectivity index is 2.60. The average Bonchev–Trinajstić information content (AvgIpc) is 1.88. The molecule has 0 aromatic carbocycles. The van der Waals surface area contributed by atoms with Crippen LogP contribution in [0.4, 0.5) is 13.2 Å². The van der Waals surface area contributed by atoms with Crippen LogP contribution in [0.5, 0.6) is 0 Å². The van der Waals surface area contributed by atoms with E-state index in [4.69, 9.17) is 0 Å². The van der Waals surface area contributed by atoms with Gasteiger partial charge in [0.15, 0.2) is 0 Å². The van der Waals surface area contributed by atoms with Gasteiger partial charge in [0, 0.05) is 12.4 Å². The van der Waals surface area contributed by atoms with Crippen LogP contribution in [-0.4, -0.2) is 24.1 Å². The smallest absolute Gasteiger partial charge is 0.271 e. The predicted octanol–water partition coefficient (Wildman–Crippen LogP) is 1.36. The standard InChI is InChI=1S/C5H5F3N2/c6-5(7,8)10-3-1-2-9-4-10/h1-3H,4H2. The van der Waals surface area contributed by atoms with E-state index in [2.05, 4.69) is 4.99 Å². The van der Waals surface area contributed by atoms with E-state index in [-0.39, 0.29) is 11.6 Å². The highest BCUT2D eigenvalue weighted by Gasteiger charge is 2.34. The maximum Gasteiger partial charge on any atom is 0.485 e. The van der Waals surface area contributed by atoms with Crippen molar-refractivity contribution < 1.29 is 13.2 Å². The van der Waals surface area contributed by atoms with E-state index in [1.165, 1.54) is 12.3 Å². The molecule has 0 atom stereocenters. The number of halogens is 3. The maximum absolute atomic E-state index is 11.7. The Morgan fingerprint density at radius 1 is 1.40 bits per heavy atom. The van der Waals surface area contributed by atoms with E-state index in [9.17, 15) is 13.2 Å². The first kappa shape index (κ1) is 7.11. The number of aliphatic imine (C=N–C) groups is 1. The van der Waals surface area contributed by atoms with Gasteiger partial charge in [0.25, 0.3) is 0 Å². The van der Waals surface area contributed by atoms with Crippen molar-refractivity contribution in [3.63, 3.8) is 0 Å². The predicted molar refractivity (Wildman–Crippen MR) is 30.4 cm³/mol. The van der Waals surface area contributed by atoms with Crippen LogP contribution in [0.3, 0.4) is 0 Å². The molecule has 0 unspecified atom stereocenters. The van der Waals surface area contributed by atoms with Gasteiger partial charge in [0.2, 0.25) is 0 Å². The Kier molecular flexibility index (Phi) is 1.65. The lowest BCUT2D eigenvalue weighted by molar-refractivity contribution is -0.226. The molecule has 0 spiro atoms. The van der Waals surface area contributed by atoms with Crippen LogP contribution in [-0.2, 0) is 0 Å². The molecule has 2 nitrogen and oxygen atoms in total. The summed E-state index contributed by atoms with van der Waals surface area (Å²) in [5.41, 5.74) is 0. The largest absolute Gasteiger partial charge is 0.485 e. The fourth-order valence-corrected chi connectivity index (χ4v) is 0.550. The number of allylic oxidation sites excluding steroid dienone is 1. The van der Waals surface area contributed by atoms with Gasteiger partial charge in [-0.2, -0.15) is 13.2 Å². The molecule has 0 saturated heterocycles. The highest BCUT2D eigenvalue weighted by Crippen LogP contribution is 2.21. The minimum atomic E-state index is -4.30. The second-order valence-corrected chi connectivity index (χ2v) is 1.75. The lowest BCUT2D eigenvalue weighted by Crippen LogP contribution is -2.34. The van der Waals surface area contributed by atoms with Crippen molar-refractivity contribution in [1.82, 2.24) is 4.90 Å². The monoisotopic (exact) mass is 150 g/mol. The zero-order valence-corrected chi connectivity index (χ0v) is 4.97. The Labute approximate surface area is 55.7 Å². The average molecular weight is 150 g/mol. The molecule has 0 aromatic rings. The van der Waals surface area contributed by atoms with Crippen LogP contribution in [0.2, 0.25) is 0 Å². The molecule has 1 aliphatic heterocycles. The van der Waals surface area contributed by atoms with Crippen LogP contribution in [0.25, 0.3) is 0 Å². The molecule has 56 valence electrons. The highest BCUT2D eigenvalue weighted by molar-refractivity contribution is 5.71. The van der Waals surface area contributed by atoms with E-state index < -0.39 is 6.30 Å². The van der Waals surface area contributed by atoms with Crippen LogP contribution in [0, 0.1) is 0 Å². The van der Waals surface area contributed by atoms with Gasteiger partial charge >= 0.3 is 6.30 Å². The molecule has 0 N–H and O–H groups in total. The third kappa shape index (κ3) is 1.49. The van der Waals surface area contributed by atoms with Gasteiger partial charge in [-0.3, -0.25) is 9.89 Å². The number of rotatable bonds is 0. The van der Waals surface area contributed by atoms with Crippen molar-refractivity contribution in [1.29, 1.82) is 0 Å². The maximum atomic E-state index is 11.7. The Morgan fingerprint density at radius 2 is 2.10 bits per heavy atom. The first-order valence-corrected chi connectivity index (χ1v) is 2.61. The summed E-state index contributed by atoms with van der Waals surface area (Å²) in [6, 6.07) is 0. The van der Waals surface area contributed by atoms with Crippen LogP contribution in [0.15, 0.2) is 17.3 Å². The second-order valence-electron chi connectivity index (χ2n) is 1.75. The molecule has 1 heterocycles. The fraction of sp³-hybridized carbons (Fsp3) is 0.400. The first-order valence-electron chi connectivity index (χ1n) is 2.61. The number of nitrogens with zero attached hydrogens (tertiary/aromatic N) is 2. The summed E-state index contributed by atoms with van der Waals surface area (Å²) in [5, 5.41) is 0. The Morgan fingerprint density at radius 3 is 2.40 bits per heavy atom. The zero-order valence-electron chi connectivity index (χ0n) is 4.97. The molecule has 0 aromatic heterocycles. The summed E-state index contributed by atoms with van der Waals surface area (Å²) in [5.74, 6) is 0. The minimum absolute atomic E-state index is 0.201. The molecule has 5 heteroatoms. The van der Waals surface area contributed by atoms with Gasteiger partial charge in [0.1, 0.15) is 6.67 Å². The van der Waals surface area contributed by atoms with Gasteiger partial charge in [-0.15, -0.1) is 0 Å². The van der Waals surface area contributed by atoms with Crippen molar-refractivity contribution in [2.24, 2.45) is 4.99 Å². The molecule has 1 aliphatic rings. The van der Waals surface area contributed by atoms with Crippen LogP contribution < -0.4 is 0 Å². The second kappa shape index (κ2) is 2.32. The fourth-order valence-electron chi connectivity index (χ4n) is 0.550. The summed E-state index contributed by atoms with van der Waals surface area (Å²) in [4.78, 5) is 3.62. The molecular weight excluding hydrogens is 145 g/mol. The molecule has 10 heavy (non-hydrogen) atoms. The lowest BCUT2D eigenvalue weighted by Gasteiger charge is -2.21. The summed E-state index contributed by atoms with van der Waals surface area (Å²) < 4.78 is 35.2. The van der Waals surface area contributed by atoms with Crippen molar-refractivity contribution >= 4 is 6.21 Å². The third-order valence-electron chi connectivity index (χ3n) is 1.02. The van der Waals surface area contributed by atoms with E-state index >= 15 is 0 Å². The Bertz CT molecular complexity index is 170. The molecule has 1 rings (SSSR count). The van der Waals surface area contributed by atoms with Gasteiger partial charge in [-0.05, 0) is 6.08 Å². The molecule has 0 radical (unpaired) electrons. The summed E-state index contributed by atoms with van der Waals surface area (Å²) in [7, 11) is 0. The van der Waals surface area contributed by atoms with Crippen molar-refractivity contribution in [3.05, 3.63) is 12.3 Å². The topological polar surface area (TPSA) is 15.6 Å². The van der Waals surface area contributed by atoms with Gasteiger partial charge in [-0.1, -0.05) is 0 Å². The molecular formula is C5H5F3N2. The van der Waals surface area contributed by atoms with E-state index in [0.29, 0.717) is 0 Å². The lowest BCUT2D eigenvalue weighted by atomic mass is 10.5. The number of hydrogen-bond donors (Lipinski definition) is 0. The zero-order chi connectivity index (χ0) is 7.61. The number of hydrogen-bond acceptors (Lipinski definition) is 2. The third-order valence-corrected chi connectivity index (χ3v) is 1.02. The molecule has 0 aliphatic carbocycles. The van der Waals surface area contributed by atoms with E-state index in [0.717, 1.165) is 6.20 Å². The van der Waals surface area contributed by atoms with Gasteiger partial charge in [-0.25, -0.2) is 0 Å². The van der Waals surface area contributed by atoms with E-state index in [1.807, 2.05) is 0 Å². The van der Waals surface area contributed by atoms with Gasteiger partial charge < -0.3 is 0 Å². The minimum Gasteiger partial charge on any atom is -0.271 e. The quantitative estimate of drug-likeness (QED) is 0.476. The van der Waals surface area contributed by atoms with Crippen molar-refractivity contribution in [2.45, 2.75) is 6.30 Å². The van der Waals surface area contributed by atoms with Crippen LogP contribution >= 0.6 is 0 Å². The molecule has 0 bridgehead atoms. The summed E-state index contributed by atoms with van der Waals surface area (Å²) in [6.45, 7) is -0.333. The van der Waals surface area contributed by atoms with Gasteiger partial charge in [0.05, 0.1) is 0 Å². The molecule has 0 amide bonds. The Hall–Kier alpha value is -1.00. The van der Waals surface area contributed by atoms with Crippen molar-refractivity contribution in [2.75, 3.05) is 6.67 Å². The first-order chi connectivity index (χ1) is 4.61. The molecule has 0 fully saturated rings. The summed E-state index contributed by atoms with van der Waals surface area (Å²) in [6.07, 6.45) is -0.763. The summed E-state index contributed by atoms with van der Waals surface area (Å²) >= 11 is 0. The highest BCUT2D eigenvalue weighted by atomic mass is 19.4. The number of alkyl halides is 3. The van der Waals surface area contributed by atoms with E-state index in [1.54, 1.807) is 0 Å². The molecule has 0 saturated carbocycles. The SMILES string of the molecule is FC(F)(F)N1C=CC=NC1. The van der Waals surface area contributed by atoms with Crippen molar-refractivity contribution in [3.8, 4) is 0 Å². The van der Waals surface area contributed by atoms with Crippen LogP contribution in [0.1, 0.15) is 0 Å². The normalized spacial score (nSPS) is 18.1.